The highest BCUT2D eigenvalue weighted by Crippen LogP contribution is 2.61. The lowest BCUT2D eigenvalue weighted by atomic mass is 9.49. The molecular weight excluding hydrogens is 258 g/mol. The van der Waals surface area contributed by atoms with Gasteiger partial charge in [0, 0.05) is 6.42 Å². The van der Waals surface area contributed by atoms with Crippen molar-refractivity contribution in [1.82, 2.24) is 5.32 Å². The van der Waals surface area contributed by atoms with Crippen LogP contribution in [-0.2, 0) is 9.59 Å². The summed E-state index contributed by atoms with van der Waals surface area (Å²) in [6.45, 7) is -0.194. The van der Waals surface area contributed by atoms with E-state index in [0.717, 1.165) is 37.0 Å². The maximum absolute atomic E-state index is 12.0. The number of aliphatic hydroxyl groups is 1. The topological polar surface area (TPSA) is 86.6 Å². The van der Waals surface area contributed by atoms with E-state index in [-0.39, 0.29) is 17.9 Å². The third-order valence-electron chi connectivity index (χ3n) is 5.48. The standard InChI is InChI=1S/C15H23NO4/c17-12(14(19)20)8-16-13(18)7-15-4-9-1-10(5-15)3-11(2-9)6-15/h9-12,17H,1-8H2,(H,16,18)(H,19,20)/t9?,10?,11?,12-,15?/m0/s1. The molecule has 0 aromatic heterocycles. The lowest BCUT2D eigenvalue weighted by Gasteiger charge is -2.56. The number of carbonyl (C=O) groups is 2. The summed E-state index contributed by atoms with van der Waals surface area (Å²) < 4.78 is 0. The van der Waals surface area contributed by atoms with Gasteiger partial charge in [0.1, 0.15) is 0 Å². The molecule has 4 saturated carbocycles. The average Bonchev–Trinajstić information content (AvgIpc) is 2.33. The van der Waals surface area contributed by atoms with Crippen molar-refractivity contribution < 1.29 is 19.8 Å². The van der Waals surface area contributed by atoms with Crippen molar-refractivity contribution in [2.75, 3.05) is 6.54 Å². The van der Waals surface area contributed by atoms with Gasteiger partial charge in [-0.3, -0.25) is 4.79 Å². The Morgan fingerprint density at radius 1 is 1.10 bits per heavy atom. The van der Waals surface area contributed by atoms with E-state index in [0.29, 0.717) is 6.42 Å². The minimum absolute atomic E-state index is 0.104. The molecule has 4 fully saturated rings. The molecule has 4 aliphatic carbocycles. The largest absolute Gasteiger partial charge is 0.479 e. The SMILES string of the molecule is O=C(CC12CC3CC(CC(C3)C1)C2)NC[C@H](O)C(=O)O. The molecule has 0 aromatic rings. The predicted molar refractivity (Wildman–Crippen MR) is 71.9 cm³/mol. The number of amides is 1. The zero-order chi connectivity index (χ0) is 14.3. The molecule has 0 spiro atoms. The molecule has 20 heavy (non-hydrogen) atoms. The fourth-order valence-electron chi connectivity index (χ4n) is 5.21. The van der Waals surface area contributed by atoms with Crippen LogP contribution in [0.5, 0.6) is 0 Å². The molecule has 1 amide bonds. The van der Waals surface area contributed by atoms with E-state index >= 15 is 0 Å². The highest BCUT2D eigenvalue weighted by molar-refractivity contribution is 5.78. The van der Waals surface area contributed by atoms with E-state index in [1.54, 1.807) is 0 Å². The molecule has 4 aliphatic rings. The quantitative estimate of drug-likeness (QED) is 0.705. The number of hydrogen-bond acceptors (Lipinski definition) is 3. The van der Waals surface area contributed by atoms with Crippen LogP contribution in [0.1, 0.15) is 44.9 Å². The Labute approximate surface area is 118 Å². The van der Waals surface area contributed by atoms with Gasteiger partial charge >= 0.3 is 5.97 Å². The van der Waals surface area contributed by atoms with Crippen LogP contribution in [0.3, 0.4) is 0 Å². The van der Waals surface area contributed by atoms with Gasteiger partial charge in [0.15, 0.2) is 6.10 Å². The summed E-state index contributed by atoms with van der Waals surface area (Å²) >= 11 is 0. The van der Waals surface area contributed by atoms with Crippen LogP contribution in [0.15, 0.2) is 0 Å². The van der Waals surface area contributed by atoms with Crippen LogP contribution < -0.4 is 5.32 Å². The molecule has 112 valence electrons. The van der Waals surface area contributed by atoms with Crippen molar-refractivity contribution in [3.05, 3.63) is 0 Å². The highest BCUT2D eigenvalue weighted by atomic mass is 16.4. The van der Waals surface area contributed by atoms with Crippen LogP contribution >= 0.6 is 0 Å². The van der Waals surface area contributed by atoms with E-state index < -0.39 is 12.1 Å². The molecule has 5 nitrogen and oxygen atoms in total. The third-order valence-corrected chi connectivity index (χ3v) is 5.48. The first-order chi connectivity index (χ1) is 9.46. The first kappa shape index (κ1) is 13.9. The summed E-state index contributed by atoms with van der Waals surface area (Å²) in [6.07, 6.45) is 6.52. The van der Waals surface area contributed by atoms with Gasteiger partial charge in [0.25, 0.3) is 0 Å². The maximum Gasteiger partial charge on any atom is 0.334 e. The Bertz CT molecular complexity index is 385. The number of rotatable bonds is 5. The van der Waals surface area contributed by atoms with E-state index in [4.69, 9.17) is 5.11 Å². The summed E-state index contributed by atoms with van der Waals surface area (Å²) in [5.41, 5.74) is 0.160. The number of carbonyl (C=O) groups excluding carboxylic acids is 1. The first-order valence-corrected chi connectivity index (χ1v) is 7.63. The molecule has 0 aliphatic heterocycles. The molecule has 0 unspecified atom stereocenters. The predicted octanol–water partition coefficient (Wildman–Crippen LogP) is 1.15. The maximum atomic E-state index is 12.0. The lowest BCUT2D eigenvalue weighted by Crippen LogP contribution is -2.48. The van der Waals surface area contributed by atoms with E-state index in [9.17, 15) is 14.7 Å². The fourth-order valence-corrected chi connectivity index (χ4v) is 5.21. The van der Waals surface area contributed by atoms with Crippen molar-refractivity contribution in [2.45, 2.75) is 51.0 Å². The minimum atomic E-state index is -1.50. The van der Waals surface area contributed by atoms with Crippen LogP contribution in [0.4, 0.5) is 0 Å². The number of carboxylic acid groups (broad SMARTS) is 1. The Hall–Kier alpha value is -1.10. The van der Waals surface area contributed by atoms with Gasteiger partial charge in [-0.2, -0.15) is 0 Å². The third kappa shape index (κ3) is 2.68. The van der Waals surface area contributed by atoms with Crippen LogP contribution in [0, 0.1) is 23.2 Å². The molecular formula is C15H23NO4. The molecule has 1 atom stereocenters. The summed E-state index contributed by atoms with van der Waals surface area (Å²) in [5, 5.41) is 20.4. The second-order valence-electron chi connectivity index (χ2n) is 7.25. The molecule has 0 saturated heterocycles. The summed E-state index contributed by atoms with van der Waals surface area (Å²) in [6, 6.07) is 0. The first-order valence-electron chi connectivity index (χ1n) is 7.63. The molecule has 0 radical (unpaired) electrons. The molecule has 4 rings (SSSR count). The Morgan fingerprint density at radius 2 is 1.60 bits per heavy atom. The van der Waals surface area contributed by atoms with Crippen LogP contribution in [-0.4, -0.2) is 34.7 Å². The van der Waals surface area contributed by atoms with Gasteiger partial charge < -0.3 is 15.5 Å². The van der Waals surface area contributed by atoms with Crippen molar-refractivity contribution >= 4 is 11.9 Å². The van der Waals surface area contributed by atoms with Gasteiger partial charge in [-0.05, 0) is 61.7 Å². The number of aliphatic carboxylic acids is 1. The summed E-state index contributed by atoms with van der Waals surface area (Å²) in [4.78, 5) is 22.6. The molecule has 0 heterocycles. The van der Waals surface area contributed by atoms with Crippen molar-refractivity contribution in [1.29, 1.82) is 0 Å². The number of aliphatic hydroxyl groups excluding tert-OH is 1. The minimum Gasteiger partial charge on any atom is -0.479 e. The summed E-state index contributed by atoms with van der Waals surface area (Å²) in [7, 11) is 0. The molecule has 3 N–H and O–H groups in total. The second kappa shape index (κ2) is 5.02. The van der Waals surface area contributed by atoms with Gasteiger partial charge in [-0.25, -0.2) is 4.79 Å². The van der Waals surface area contributed by atoms with Gasteiger partial charge in [0.05, 0.1) is 6.54 Å². The zero-order valence-corrected chi connectivity index (χ0v) is 11.7. The van der Waals surface area contributed by atoms with Gasteiger partial charge in [-0.15, -0.1) is 0 Å². The summed E-state index contributed by atoms with van der Waals surface area (Å²) in [5.74, 6) is 1.02. The smallest absolute Gasteiger partial charge is 0.334 e. The molecule has 4 bridgehead atoms. The molecule has 0 aromatic carbocycles. The van der Waals surface area contributed by atoms with E-state index in [1.807, 2.05) is 0 Å². The van der Waals surface area contributed by atoms with Crippen molar-refractivity contribution in [2.24, 2.45) is 23.2 Å². The average molecular weight is 281 g/mol. The second-order valence-corrected chi connectivity index (χ2v) is 7.25. The van der Waals surface area contributed by atoms with Crippen molar-refractivity contribution in [3.63, 3.8) is 0 Å². The Kier molecular flexibility index (Phi) is 3.48. The monoisotopic (exact) mass is 281 g/mol. The molecule has 5 heteroatoms. The fraction of sp³-hybridized carbons (Fsp3) is 0.867. The normalized spacial score (nSPS) is 39.5. The van der Waals surface area contributed by atoms with Crippen LogP contribution in [0.25, 0.3) is 0 Å². The van der Waals surface area contributed by atoms with Gasteiger partial charge in [-0.1, -0.05) is 0 Å². The Balaban J connectivity index is 1.55. The zero-order valence-electron chi connectivity index (χ0n) is 11.7. The van der Waals surface area contributed by atoms with Gasteiger partial charge in [0.2, 0.25) is 5.91 Å². The number of carboxylic acids is 1. The lowest BCUT2D eigenvalue weighted by molar-refractivity contribution is -0.146. The van der Waals surface area contributed by atoms with E-state index in [2.05, 4.69) is 5.32 Å². The van der Waals surface area contributed by atoms with Crippen LogP contribution in [0.2, 0.25) is 0 Å². The number of nitrogens with one attached hydrogen (secondary N) is 1. The number of hydrogen-bond donors (Lipinski definition) is 3. The van der Waals surface area contributed by atoms with Crippen molar-refractivity contribution in [3.8, 4) is 0 Å². The van der Waals surface area contributed by atoms with E-state index in [1.165, 1.54) is 19.3 Å². The Morgan fingerprint density at radius 3 is 2.05 bits per heavy atom. The highest BCUT2D eigenvalue weighted by Gasteiger charge is 2.51.